The highest BCUT2D eigenvalue weighted by Gasteiger charge is 2.20. The van der Waals surface area contributed by atoms with E-state index in [9.17, 15) is 0 Å². The van der Waals surface area contributed by atoms with Crippen LogP contribution in [0.4, 0.5) is 5.69 Å². The molecule has 0 aromatic heterocycles. The van der Waals surface area contributed by atoms with Gasteiger partial charge in [0.05, 0.1) is 0 Å². The van der Waals surface area contributed by atoms with Crippen molar-refractivity contribution >= 4 is 21.6 Å². The van der Waals surface area contributed by atoms with Gasteiger partial charge in [0.2, 0.25) is 0 Å². The topological polar surface area (TPSA) is 18.5 Å². The minimum absolute atomic E-state index is 0.507. The van der Waals surface area contributed by atoms with Crippen molar-refractivity contribution in [1.29, 1.82) is 0 Å². The summed E-state index contributed by atoms with van der Waals surface area (Å²) in [4.78, 5) is 4.71. The molecule has 4 heteroatoms. The maximum atomic E-state index is 3.74. The number of benzene rings is 1. The Morgan fingerprint density at radius 3 is 2.57 bits per heavy atom. The standard InChI is InChI=1S/C17H28BrN3/c1-5-21(13(2)12-20(3)4)16-9-6-14(17(18)10-16)11-19-15-7-8-15/h6,9-10,13,15,19H,5,7-8,11-12H2,1-4H3. The molecule has 1 aromatic carbocycles. The third-order valence-electron chi connectivity index (χ3n) is 4.03. The third-order valence-corrected chi connectivity index (χ3v) is 4.77. The van der Waals surface area contributed by atoms with Crippen LogP contribution in [0.25, 0.3) is 0 Å². The molecule has 0 amide bonds. The van der Waals surface area contributed by atoms with Gasteiger partial charge in [0.15, 0.2) is 0 Å². The molecule has 1 aromatic rings. The number of anilines is 1. The van der Waals surface area contributed by atoms with Gasteiger partial charge in [-0.15, -0.1) is 0 Å². The van der Waals surface area contributed by atoms with Gasteiger partial charge in [0, 0.05) is 41.9 Å². The molecular weight excluding hydrogens is 326 g/mol. The molecule has 1 N–H and O–H groups in total. The maximum Gasteiger partial charge on any atom is 0.0388 e. The quantitative estimate of drug-likeness (QED) is 0.771. The molecule has 1 aliphatic rings. The average Bonchev–Trinajstić information content (AvgIpc) is 3.21. The summed E-state index contributed by atoms with van der Waals surface area (Å²) in [7, 11) is 4.26. The van der Waals surface area contributed by atoms with Crippen molar-refractivity contribution in [1.82, 2.24) is 10.2 Å². The number of nitrogens with one attached hydrogen (secondary N) is 1. The lowest BCUT2D eigenvalue weighted by Gasteiger charge is -2.32. The second kappa shape index (κ2) is 7.61. The van der Waals surface area contributed by atoms with Crippen LogP contribution in [0, 0.1) is 0 Å². The van der Waals surface area contributed by atoms with Gasteiger partial charge in [-0.3, -0.25) is 0 Å². The number of likely N-dealkylation sites (N-methyl/N-ethyl adjacent to an activating group) is 2. The van der Waals surface area contributed by atoms with E-state index in [1.54, 1.807) is 0 Å². The van der Waals surface area contributed by atoms with Crippen LogP contribution in [0.3, 0.4) is 0 Å². The fourth-order valence-corrected chi connectivity index (χ4v) is 3.28. The molecule has 0 bridgehead atoms. The van der Waals surface area contributed by atoms with E-state index in [-0.39, 0.29) is 0 Å². The lowest BCUT2D eigenvalue weighted by atomic mass is 10.1. The van der Waals surface area contributed by atoms with Crippen LogP contribution >= 0.6 is 15.9 Å². The van der Waals surface area contributed by atoms with E-state index in [4.69, 9.17) is 0 Å². The van der Waals surface area contributed by atoms with Crippen LogP contribution in [0.5, 0.6) is 0 Å². The van der Waals surface area contributed by atoms with Gasteiger partial charge in [-0.25, -0.2) is 0 Å². The van der Waals surface area contributed by atoms with Crippen molar-refractivity contribution in [3.63, 3.8) is 0 Å². The molecule has 0 radical (unpaired) electrons. The summed E-state index contributed by atoms with van der Waals surface area (Å²) >= 11 is 3.74. The normalized spacial score (nSPS) is 16.3. The Morgan fingerprint density at radius 2 is 2.05 bits per heavy atom. The largest absolute Gasteiger partial charge is 0.368 e. The molecule has 21 heavy (non-hydrogen) atoms. The summed E-state index contributed by atoms with van der Waals surface area (Å²) in [6.45, 7) is 7.57. The molecule has 1 saturated carbocycles. The Balaban J connectivity index is 2.04. The highest BCUT2D eigenvalue weighted by Crippen LogP contribution is 2.27. The number of hydrogen-bond donors (Lipinski definition) is 1. The number of halogens is 1. The maximum absolute atomic E-state index is 3.74. The van der Waals surface area contributed by atoms with Gasteiger partial charge in [0.25, 0.3) is 0 Å². The zero-order valence-corrected chi connectivity index (χ0v) is 15.3. The van der Waals surface area contributed by atoms with Gasteiger partial charge < -0.3 is 15.1 Å². The summed E-state index contributed by atoms with van der Waals surface area (Å²) in [6.07, 6.45) is 2.67. The van der Waals surface area contributed by atoms with E-state index >= 15 is 0 Å². The molecule has 2 rings (SSSR count). The average molecular weight is 354 g/mol. The summed E-state index contributed by atoms with van der Waals surface area (Å²) < 4.78 is 1.21. The Kier molecular flexibility index (Phi) is 6.08. The van der Waals surface area contributed by atoms with Crippen molar-refractivity contribution in [2.45, 2.75) is 45.3 Å². The number of rotatable bonds is 8. The van der Waals surface area contributed by atoms with Crippen molar-refractivity contribution in [2.75, 3.05) is 32.1 Å². The molecule has 3 nitrogen and oxygen atoms in total. The second-order valence-electron chi connectivity index (χ2n) is 6.33. The van der Waals surface area contributed by atoms with Crippen molar-refractivity contribution in [3.05, 3.63) is 28.2 Å². The molecule has 0 spiro atoms. The van der Waals surface area contributed by atoms with Gasteiger partial charge >= 0.3 is 0 Å². The lowest BCUT2D eigenvalue weighted by molar-refractivity contribution is 0.373. The summed E-state index contributed by atoms with van der Waals surface area (Å²) in [5, 5.41) is 3.57. The van der Waals surface area contributed by atoms with E-state index in [0.29, 0.717) is 6.04 Å². The van der Waals surface area contributed by atoms with Crippen LogP contribution in [0.1, 0.15) is 32.3 Å². The van der Waals surface area contributed by atoms with Gasteiger partial charge in [-0.1, -0.05) is 22.0 Å². The third kappa shape index (κ3) is 4.97. The first kappa shape index (κ1) is 16.8. The van der Waals surface area contributed by atoms with E-state index in [0.717, 1.165) is 25.7 Å². The van der Waals surface area contributed by atoms with Crippen LogP contribution < -0.4 is 10.2 Å². The van der Waals surface area contributed by atoms with Gasteiger partial charge in [-0.05, 0) is 58.5 Å². The van der Waals surface area contributed by atoms with Crippen LogP contribution in [-0.2, 0) is 6.54 Å². The van der Waals surface area contributed by atoms with Gasteiger partial charge in [0.1, 0.15) is 0 Å². The predicted molar refractivity (Wildman–Crippen MR) is 95.0 cm³/mol. The molecule has 1 fully saturated rings. The molecule has 1 aliphatic carbocycles. The zero-order chi connectivity index (χ0) is 15.4. The SMILES string of the molecule is CCN(c1ccc(CNC2CC2)c(Br)c1)C(C)CN(C)C. The van der Waals surface area contributed by atoms with Crippen molar-refractivity contribution in [2.24, 2.45) is 0 Å². The van der Waals surface area contributed by atoms with E-state index in [1.807, 2.05) is 0 Å². The number of nitrogens with zero attached hydrogens (tertiary/aromatic N) is 2. The van der Waals surface area contributed by atoms with Crippen LogP contribution in [0.15, 0.2) is 22.7 Å². The second-order valence-corrected chi connectivity index (χ2v) is 7.18. The van der Waals surface area contributed by atoms with Crippen molar-refractivity contribution < 1.29 is 0 Å². The minimum atomic E-state index is 0.507. The molecule has 118 valence electrons. The Labute approximate surface area is 137 Å². The minimum Gasteiger partial charge on any atom is -0.368 e. The van der Waals surface area contributed by atoms with E-state index in [2.05, 4.69) is 77.2 Å². The van der Waals surface area contributed by atoms with Crippen LogP contribution in [0.2, 0.25) is 0 Å². The molecule has 0 saturated heterocycles. The number of hydrogen-bond acceptors (Lipinski definition) is 3. The Morgan fingerprint density at radius 1 is 1.33 bits per heavy atom. The predicted octanol–water partition coefficient (Wildman–Crippen LogP) is 3.48. The highest BCUT2D eigenvalue weighted by atomic mass is 79.9. The first-order chi connectivity index (χ1) is 10.0. The van der Waals surface area contributed by atoms with Crippen LogP contribution in [-0.4, -0.2) is 44.2 Å². The van der Waals surface area contributed by atoms with E-state index in [1.165, 1.54) is 28.6 Å². The molecule has 0 aliphatic heterocycles. The Hall–Kier alpha value is -0.580. The molecule has 1 atom stereocenters. The Bertz CT molecular complexity index is 457. The fourth-order valence-electron chi connectivity index (χ4n) is 2.78. The summed E-state index contributed by atoms with van der Waals surface area (Å²) in [5.41, 5.74) is 2.65. The molecular formula is C17H28BrN3. The first-order valence-electron chi connectivity index (χ1n) is 7.94. The van der Waals surface area contributed by atoms with Crippen molar-refractivity contribution in [3.8, 4) is 0 Å². The first-order valence-corrected chi connectivity index (χ1v) is 8.73. The lowest BCUT2D eigenvalue weighted by Crippen LogP contribution is -2.40. The molecule has 1 unspecified atom stereocenters. The van der Waals surface area contributed by atoms with Gasteiger partial charge in [-0.2, -0.15) is 0 Å². The zero-order valence-electron chi connectivity index (χ0n) is 13.7. The highest BCUT2D eigenvalue weighted by molar-refractivity contribution is 9.10. The smallest absolute Gasteiger partial charge is 0.0388 e. The summed E-state index contributed by atoms with van der Waals surface area (Å²) in [5.74, 6) is 0. The summed E-state index contributed by atoms with van der Waals surface area (Å²) in [6, 6.07) is 8.03. The molecule has 0 heterocycles. The fraction of sp³-hybridized carbons (Fsp3) is 0.647. The monoisotopic (exact) mass is 353 g/mol. The van der Waals surface area contributed by atoms with E-state index < -0.39 is 0 Å².